The SMILES string of the molecule is [2H]c1c([2H])c([2H])c2c(c1[2H])Oc1c([2H])c([2H])c([2H])c3c([2H])c(-c4c([2H])c([2H])c([2H])c([2H])c4-c4c([2H])c([2H])c([2H])c5oc6c7c([2H])c([2H])c([2H])c([2H])c7c([2H])c([2H])c6c45)c([2H])c-2c13. The third kappa shape index (κ3) is 2.99. The van der Waals surface area contributed by atoms with Gasteiger partial charge in [-0.2, -0.15) is 0 Å². The fourth-order valence-electron chi connectivity index (χ4n) is 4.95. The molecule has 0 saturated carbocycles. The Labute approximate surface area is 261 Å². The molecule has 0 aliphatic carbocycles. The zero-order valence-electron chi connectivity index (χ0n) is 41.8. The van der Waals surface area contributed by atoms with Gasteiger partial charge in [-0.1, -0.05) is 96.7 Å². The second kappa shape index (κ2) is 8.08. The number of para-hydroxylation sites is 1. The first kappa shape index (κ1) is 9.39. The molecule has 0 fully saturated rings. The fraction of sp³-hybridized carbons (Fsp3) is 0. The molecule has 0 unspecified atom stereocenters. The number of rotatable bonds is 2. The van der Waals surface area contributed by atoms with Crippen LogP contribution in [0.5, 0.6) is 11.5 Å². The summed E-state index contributed by atoms with van der Waals surface area (Å²) in [7, 11) is 0. The lowest BCUT2D eigenvalue weighted by molar-refractivity contribution is 0.487. The summed E-state index contributed by atoms with van der Waals surface area (Å²) >= 11 is 0. The predicted octanol–water partition coefficient (Wildman–Crippen LogP) is 11.0. The molecule has 0 atom stereocenters. The van der Waals surface area contributed by atoms with Crippen molar-refractivity contribution in [2.75, 3.05) is 0 Å². The summed E-state index contributed by atoms with van der Waals surface area (Å²) in [4.78, 5) is 0. The average Bonchev–Trinajstić information content (AvgIpc) is 3.64. The molecule has 9 rings (SSSR count). The summed E-state index contributed by atoms with van der Waals surface area (Å²) < 4.78 is 207. The van der Waals surface area contributed by atoms with Crippen LogP contribution in [-0.4, -0.2) is 0 Å². The Kier molecular flexibility index (Phi) is 1.90. The molecule has 186 valence electrons. The number of ether oxygens (including phenoxy) is 1. The molecule has 0 N–H and O–H groups in total. The lowest BCUT2D eigenvalue weighted by Gasteiger charge is -2.22. The first-order chi connectivity index (χ1) is 29.0. The second-order valence-corrected chi connectivity index (χ2v) is 8.77. The molecule has 7 aromatic carbocycles. The largest absolute Gasteiger partial charge is 0.456 e. The summed E-state index contributed by atoms with van der Waals surface area (Å²) in [5, 5.41) is -2.59. The Morgan fingerprint density at radius 2 is 1.18 bits per heavy atom. The lowest BCUT2D eigenvalue weighted by atomic mass is 9.87. The Morgan fingerprint density at radius 1 is 0.450 bits per heavy atom. The maximum Gasteiger partial charge on any atom is 0.143 e. The average molecular weight is 533 g/mol. The van der Waals surface area contributed by atoms with Crippen molar-refractivity contribution >= 4 is 43.5 Å². The van der Waals surface area contributed by atoms with Crippen molar-refractivity contribution < 1.29 is 39.3 Å². The maximum absolute atomic E-state index is 9.72. The predicted molar refractivity (Wildman–Crippen MR) is 165 cm³/mol. The summed E-state index contributed by atoms with van der Waals surface area (Å²) in [6, 6.07) is -17.8. The summed E-state index contributed by atoms with van der Waals surface area (Å²) in [5.41, 5.74) is -4.79. The minimum atomic E-state index is -0.958. The van der Waals surface area contributed by atoms with Crippen LogP contribution < -0.4 is 4.74 Å². The van der Waals surface area contributed by atoms with Gasteiger partial charge in [0.2, 0.25) is 0 Å². The van der Waals surface area contributed by atoms with Crippen molar-refractivity contribution in [1.82, 2.24) is 0 Å². The highest BCUT2D eigenvalue weighted by molar-refractivity contribution is 6.20. The van der Waals surface area contributed by atoms with Gasteiger partial charge in [-0.05, 0) is 74.8 Å². The van der Waals surface area contributed by atoms with Crippen molar-refractivity contribution in [3.63, 3.8) is 0 Å². The standard InChI is InChI=1S/C38H22O2/c1-2-12-27-23(9-1)19-20-31-37-30(15-8-18-35(37)40-38(27)31)28-13-4-3-11-26(28)25-21-24-10-7-17-34-36(24)32(22-25)29-14-5-6-16-33(29)39-34/h1-22H/i1D,2D,3D,4D,5D,6D,7D,8D,9D,10D,11D,12D,13D,14D,15D,16D,17D,18D,19D,20D,21D,22D. The molecule has 2 heteroatoms. The molecule has 0 saturated heterocycles. The van der Waals surface area contributed by atoms with Gasteiger partial charge in [0.25, 0.3) is 0 Å². The highest BCUT2D eigenvalue weighted by atomic mass is 16.5. The van der Waals surface area contributed by atoms with Crippen LogP contribution in [0.3, 0.4) is 0 Å². The summed E-state index contributed by atoms with van der Waals surface area (Å²) in [6.45, 7) is 0. The Morgan fingerprint density at radius 3 is 2.12 bits per heavy atom. The van der Waals surface area contributed by atoms with Crippen molar-refractivity contribution in [1.29, 1.82) is 0 Å². The normalized spacial score (nSPS) is 19.9. The van der Waals surface area contributed by atoms with Crippen molar-refractivity contribution in [3.05, 3.63) is 133 Å². The maximum atomic E-state index is 9.72. The highest BCUT2D eigenvalue weighted by Crippen LogP contribution is 2.49. The van der Waals surface area contributed by atoms with Gasteiger partial charge in [0.05, 0.1) is 30.2 Å². The van der Waals surface area contributed by atoms with E-state index in [0.29, 0.717) is 0 Å². The Balaban J connectivity index is 1.57. The molecule has 2 heterocycles. The van der Waals surface area contributed by atoms with Crippen LogP contribution in [0.15, 0.2) is 137 Å². The third-order valence-electron chi connectivity index (χ3n) is 6.63. The van der Waals surface area contributed by atoms with Crippen LogP contribution >= 0.6 is 0 Å². The van der Waals surface area contributed by atoms with Gasteiger partial charge in [-0.3, -0.25) is 0 Å². The van der Waals surface area contributed by atoms with E-state index in [9.17, 15) is 6.85 Å². The molecular formula is C38H22O2. The van der Waals surface area contributed by atoms with Crippen LogP contribution in [0.4, 0.5) is 0 Å². The minimum absolute atomic E-state index is 0.343. The molecule has 1 aliphatic rings. The first-order valence-corrected chi connectivity index (χ1v) is 11.8. The van der Waals surface area contributed by atoms with Crippen LogP contribution in [0.2, 0.25) is 0 Å². The van der Waals surface area contributed by atoms with E-state index < -0.39 is 216 Å². The zero-order valence-corrected chi connectivity index (χ0v) is 19.8. The van der Waals surface area contributed by atoms with E-state index in [-0.39, 0.29) is 5.39 Å². The molecule has 0 spiro atoms. The Hall–Kier alpha value is -5.34. The summed E-state index contributed by atoms with van der Waals surface area (Å²) in [6.07, 6.45) is 0. The topological polar surface area (TPSA) is 22.4 Å². The van der Waals surface area contributed by atoms with Crippen molar-refractivity contribution in [2.24, 2.45) is 0 Å². The van der Waals surface area contributed by atoms with E-state index in [4.69, 9.17) is 32.5 Å². The van der Waals surface area contributed by atoms with Crippen LogP contribution in [0.25, 0.3) is 76.9 Å². The van der Waals surface area contributed by atoms with Gasteiger partial charge in [0, 0.05) is 27.1 Å². The molecular weight excluding hydrogens is 488 g/mol. The van der Waals surface area contributed by atoms with Crippen LogP contribution in [-0.2, 0) is 0 Å². The number of hydrogen-bond acceptors (Lipinski definition) is 2. The molecule has 2 nitrogen and oxygen atoms in total. The van der Waals surface area contributed by atoms with E-state index in [1.54, 1.807) is 0 Å². The molecule has 8 aromatic rings. The van der Waals surface area contributed by atoms with E-state index in [1.165, 1.54) is 0 Å². The van der Waals surface area contributed by atoms with Gasteiger partial charge in [0.15, 0.2) is 0 Å². The van der Waals surface area contributed by atoms with E-state index in [0.717, 1.165) is 0 Å². The van der Waals surface area contributed by atoms with Gasteiger partial charge in [0.1, 0.15) is 22.7 Å². The van der Waals surface area contributed by atoms with E-state index >= 15 is 0 Å². The van der Waals surface area contributed by atoms with Crippen molar-refractivity contribution in [3.8, 4) is 44.9 Å². The molecule has 1 aliphatic heterocycles. The number of furan rings is 1. The van der Waals surface area contributed by atoms with E-state index in [1.807, 2.05) is 0 Å². The fourth-order valence-corrected chi connectivity index (χ4v) is 4.95. The lowest BCUT2D eigenvalue weighted by Crippen LogP contribution is -1.97. The molecule has 0 amide bonds. The summed E-state index contributed by atoms with van der Waals surface area (Å²) in [5.74, 6) is -1.10. The van der Waals surface area contributed by atoms with Gasteiger partial charge in [-0.25, -0.2) is 0 Å². The quantitative estimate of drug-likeness (QED) is 0.221. The molecule has 0 bridgehead atoms. The molecule has 0 radical (unpaired) electrons. The molecule has 1 aromatic heterocycles. The smallest absolute Gasteiger partial charge is 0.143 e. The zero-order chi connectivity index (χ0) is 45.4. The monoisotopic (exact) mass is 532 g/mol. The van der Waals surface area contributed by atoms with Gasteiger partial charge < -0.3 is 9.15 Å². The van der Waals surface area contributed by atoms with Crippen LogP contribution in [0, 0.1) is 0 Å². The number of hydrogen-bond donors (Lipinski definition) is 0. The second-order valence-electron chi connectivity index (χ2n) is 8.77. The third-order valence-corrected chi connectivity index (χ3v) is 6.63. The Bertz CT molecular complexity index is 3520. The molecule has 40 heavy (non-hydrogen) atoms. The van der Waals surface area contributed by atoms with Crippen LogP contribution in [0.1, 0.15) is 30.2 Å². The highest BCUT2D eigenvalue weighted by Gasteiger charge is 2.22. The minimum Gasteiger partial charge on any atom is -0.456 e. The van der Waals surface area contributed by atoms with E-state index in [2.05, 4.69) is 0 Å². The number of fused-ring (bicyclic) bond motifs is 7. The first-order valence-electron chi connectivity index (χ1n) is 22.8. The number of benzene rings is 7. The van der Waals surface area contributed by atoms with Gasteiger partial charge in [-0.15, -0.1) is 0 Å². The van der Waals surface area contributed by atoms with Gasteiger partial charge >= 0.3 is 0 Å². The van der Waals surface area contributed by atoms with Crippen molar-refractivity contribution in [2.45, 2.75) is 0 Å².